The van der Waals surface area contributed by atoms with Crippen LogP contribution in [0.5, 0.6) is 11.5 Å². The number of phenols is 2. The van der Waals surface area contributed by atoms with Crippen molar-refractivity contribution in [3.05, 3.63) is 23.8 Å². The van der Waals surface area contributed by atoms with Crippen LogP contribution in [0.4, 0.5) is 0 Å². The van der Waals surface area contributed by atoms with Crippen molar-refractivity contribution in [2.45, 2.75) is 19.1 Å². The summed E-state index contributed by atoms with van der Waals surface area (Å²) in [6.07, 6.45) is -0.716. The Balaban J connectivity index is 2.97. The molecule has 13 heavy (non-hydrogen) atoms. The summed E-state index contributed by atoms with van der Waals surface area (Å²) in [5, 5.41) is 27.7. The Morgan fingerprint density at radius 2 is 1.85 bits per heavy atom. The van der Waals surface area contributed by atoms with Crippen LogP contribution in [0.2, 0.25) is 0 Å². The molecule has 0 amide bonds. The second-order valence-corrected chi connectivity index (χ2v) is 3.17. The second-order valence-electron chi connectivity index (χ2n) is 3.17. The molecule has 1 aromatic carbocycles. The fraction of sp³-hybridized carbons (Fsp3) is 0.333. The second kappa shape index (κ2) is 3.64. The van der Waals surface area contributed by atoms with Gasteiger partial charge in [0.05, 0.1) is 0 Å². The van der Waals surface area contributed by atoms with Crippen molar-refractivity contribution in [1.82, 2.24) is 0 Å². The zero-order chi connectivity index (χ0) is 10.0. The number of aliphatic hydroxyl groups is 1. The summed E-state index contributed by atoms with van der Waals surface area (Å²) < 4.78 is 0. The van der Waals surface area contributed by atoms with Gasteiger partial charge in [0, 0.05) is 0 Å². The molecule has 0 spiro atoms. The molecule has 0 heterocycles. The van der Waals surface area contributed by atoms with Crippen LogP contribution in [0.3, 0.4) is 0 Å². The van der Waals surface area contributed by atoms with Crippen LogP contribution in [0.1, 0.15) is 18.6 Å². The number of aromatic hydroxyl groups is 2. The molecule has 1 aromatic rings. The zero-order valence-electron chi connectivity index (χ0n) is 7.44. The Labute approximate surface area is 76.2 Å². The van der Waals surface area contributed by atoms with Gasteiger partial charge in [0.1, 0.15) is 12.1 Å². The molecule has 0 aromatic heterocycles. The fourth-order valence-corrected chi connectivity index (χ4v) is 1.05. The standard InChI is InChI=1S/C9H13NO3/c1-5(10)9(13)6-2-3-7(11)8(12)4-6/h2-5,9,11-13H,10H2,1H3/p+1/t5-,9-/m0/s1. The van der Waals surface area contributed by atoms with E-state index < -0.39 is 6.10 Å². The van der Waals surface area contributed by atoms with E-state index in [9.17, 15) is 5.11 Å². The lowest BCUT2D eigenvalue weighted by Gasteiger charge is -2.12. The number of hydrogen-bond acceptors (Lipinski definition) is 3. The average Bonchev–Trinajstić information content (AvgIpc) is 2.08. The van der Waals surface area contributed by atoms with Gasteiger partial charge in [-0.05, 0) is 24.6 Å². The summed E-state index contributed by atoms with van der Waals surface area (Å²) in [6, 6.07) is 4.07. The minimum atomic E-state index is -0.716. The van der Waals surface area contributed by atoms with E-state index >= 15 is 0 Å². The van der Waals surface area contributed by atoms with Crippen molar-refractivity contribution in [3.63, 3.8) is 0 Å². The molecule has 0 saturated carbocycles. The molecule has 0 unspecified atom stereocenters. The lowest BCUT2D eigenvalue weighted by atomic mass is 10.0. The van der Waals surface area contributed by atoms with Crippen molar-refractivity contribution in [3.8, 4) is 11.5 Å². The van der Waals surface area contributed by atoms with Crippen LogP contribution < -0.4 is 5.73 Å². The molecule has 4 nitrogen and oxygen atoms in total. The van der Waals surface area contributed by atoms with E-state index in [1.807, 2.05) is 0 Å². The lowest BCUT2D eigenvalue weighted by Crippen LogP contribution is -2.61. The summed E-state index contributed by atoms with van der Waals surface area (Å²) in [6.45, 7) is 1.77. The van der Waals surface area contributed by atoms with Gasteiger partial charge in [-0.25, -0.2) is 0 Å². The van der Waals surface area contributed by atoms with Gasteiger partial charge in [0.25, 0.3) is 0 Å². The van der Waals surface area contributed by atoms with Gasteiger partial charge >= 0.3 is 0 Å². The molecular formula is C9H14NO3+. The van der Waals surface area contributed by atoms with Crippen molar-refractivity contribution in [2.24, 2.45) is 0 Å². The third-order valence-corrected chi connectivity index (χ3v) is 1.88. The SMILES string of the molecule is C[C@H]([NH3+])[C@H](O)c1ccc(O)c(O)c1. The maximum Gasteiger partial charge on any atom is 0.157 e. The molecule has 4 heteroatoms. The van der Waals surface area contributed by atoms with E-state index in [1.165, 1.54) is 12.1 Å². The highest BCUT2D eigenvalue weighted by molar-refractivity contribution is 5.41. The molecule has 0 bridgehead atoms. The molecule has 0 aliphatic rings. The highest BCUT2D eigenvalue weighted by Crippen LogP contribution is 2.28. The van der Waals surface area contributed by atoms with Gasteiger partial charge < -0.3 is 21.1 Å². The molecule has 0 radical (unpaired) electrons. The fourth-order valence-electron chi connectivity index (χ4n) is 1.05. The summed E-state index contributed by atoms with van der Waals surface area (Å²) in [5.41, 5.74) is 4.23. The largest absolute Gasteiger partial charge is 0.504 e. The topological polar surface area (TPSA) is 88.3 Å². The van der Waals surface area contributed by atoms with Gasteiger partial charge in [0.15, 0.2) is 11.5 Å². The van der Waals surface area contributed by atoms with E-state index in [4.69, 9.17) is 10.2 Å². The Bertz CT molecular complexity index is 299. The Morgan fingerprint density at radius 1 is 1.23 bits per heavy atom. The molecular weight excluding hydrogens is 170 g/mol. The molecule has 72 valence electrons. The third-order valence-electron chi connectivity index (χ3n) is 1.88. The van der Waals surface area contributed by atoms with E-state index in [2.05, 4.69) is 5.73 Å². The number of hydrogen-bond donors (Lipinski definition) is 4. The summed E-state index contributed by atoms with van der Waals surface area (Å²) in [5.74, 6) is -0.412. The van der Waals surface area contributed by atoms with E-state index in [0.29, 0.717) is 5.56 Å². The first-order valence-corrected chi connectivity index (χ1v) is 4.05. The van der Waals surface area contributed by atoms with Crippen molar-refractivity contribution in [2.75, 3.05) is 0 Å². The van der Waals surface area contributed by atoms with Gasteiger partial charge in [-0.2, -0.15) is 0 Å². The highest BCUT2D eigenvalue weighted by Gasteiger charge is 2.16. The Hall–Kier alpha value is -1.26. The van der Waals surface area contributed by atoms with E-state index in [1.54, 1.807) is 13.0 Å². The number of quaternary nitrogens is 1. The monoisotopic (exact) mass is 184 g/mol. The molecule has 2 atom stereocenters. The van der Waals surface area contributed by atoms with E-state index in [-0.39, 0.29) is 17.5 Å². The van der Waals surface area contributed by atoms with Crippen molar-refractivity contribution in [1.29, 1.82) is 0 Å². The number of aliphatic hydroxyl groups excluding tert-OH is 1. The quantitative estimate of drug-likeness (QED) is 0.478. The summed E-state index contributed by atoms with van der Waals surface area (Å²) in [4.78, 5) is 0. The van der Waals surface area contributed by atoms with Crippen LogP contribution in [-0.2, 0) is 0 Å². The minimum Gasteiger partial charge on any atom is -0.504 e. The lowest BCUT2D eigenvalue weighted by molar-refractivity contribution is -0.433. The first-order valence-electron chi connectivity index (χ1n) is 4.05. The highest BCUT2D eigenvalue weighted by atomic mass is 16.3. The zero-order valence-corrected chi connectivity index (χ0v) is 7.44. The van der Waals surface area contributed by atoms with Gasteiger partial charge in [-0.3, -0.25) is 0 Å². The van der Waals surface area contributed by atoms with Gasteiger partial charge in [-0.15, -0.1) is 0 Å². The van der Waals surface area contributed by atoms with Crippen LogP contribution in [0, 0.1) is 0 Å². The maximum absolute atomic E-state index is 9.56. The normalized spacial score (nSPS) is 15.3. The molecule has 6 N–H and O–H groups in total. The maximum atomic E-state index is 9.56. The van der Waals surface area contributed by atoms with Crippen molar-refractivity contribution >= 4 is 0 Å². The van der Waals surface area contributed by atoms with Crippen molar-refractivity contribution < 1.29 is 21.1 Å². The molecule has 1 rings (SSSR count). The van der Waals surface area contributed by atoms with Crippen LogP contribution in [-0.4, -0.2) is 21.4 Å². The van der Waals surface area contributed by atoms with Crippen LogP contribution in [0.15, 0.2) is 18.2 Å². The van der Waals surface area contributed by atoms with Crippen LogP contribution in [0.25, 0.3) is 0 Å². The molecule has 0 aliphatic carbocycles. The molecule has 0 aliphatic heterocycles. The first-order chi connectivity index (χ1) is 6.02. The molecule has 0 saturated heterocycles. The average molecular weight is 184 g/mol. The first kappa shape index (κ1) is 9.83. The van der Waals surface area contributed by atoms with E-state index in [0.717, 1.165) is 0 Å². The van der Waals surface area contributed by atoms with Crippen LogP contribution >= 0.6 is 0 Å². The van der Waals surface area contributed by atoms with Gasteiger partial charge in [0.2, 0.25) is 0 Å². The number of phenolic OH excluding ortho intramolecular Hbond substituents is 2. The number of rotatable bonds is 2. The third kappa shape index (κ3) is 2.11. The van der Waals surface area contributed by atoms with Gasteiger partial charge in [-0.1, -0.05) is 6.07 Å². The Morgan fingerprint density at radius 3 is 2.31 bits per heavy atom. The predicted octanol–water partition coefficient (Wildman–Crippen LogP) is -0.238. The summed E-state index contributed by atoms with van der Waals surface area (Å²) >= 11 is 0. The predicted molar refractivity (Wildman–Crippen MR) is 47.1 cm³/mol. The number of benzene rings is 1. The summed E-state index contributed by atoms with van der Waals surface area (Å²) in [7, 11) is 0. The smallest absolute Gasteiger partial charge is 0.157 e. The molecule has 0 fully saturated rings. The Kier molecular flexibility index (Phi) is 2.75. The minimum absolute atomic E-state index is 0.163.